The quantitative estimate of drug-likeness (QED) is 0.243. The second kappa shape index (κ2) is 15.8. The molecule has 1 unspecified atom stereocenters. The van der Waals surface area contributed by atoms with Crippen LogP contribution in [0.2, 0.25) is 0 Å². The number of anilines is 1. The third-order valence-corrected chi connectivity index (χ3v) is 10.1. The molecule has 3 fully saturated rings. The number of aryl methyl sites for hydroxylation is 1. The van der Waals surface area contributed by atoms with Gasteiger partial charge in [0.25, 0.3) is 6.43 Å². The second-order valence-electron chi connectivity index (χ2n) is 15.1. The summed E-state index contributed by atoms with van der Waals surface area (Å²) in [5, 5.41) is 8.82. The van der Waals surface area contributed by atoms with Gasteiger partial charge < -0.3 is 9.47 Å². The van der Waals surface area contributed by atoms with Gasteiger partial charge in [-0.1, -0.05) is 17.9 Å². The van der Waals surface area contributed by atoms with E-state index in [0.717, 1.165) is 32.2 Å². The number of hydrogen-bond donors (Lipinski definition) is 2. The molecular weight excluding hydrogens is 695 g/mol. The molecule has 2 aliphatic heterocycles. The first kappa shape index (κ1) is 38.1. The van der Waals surface area contributed by atoms with E-state index in [0.29, 0.717) is 35.5 Å². The first-order valence-corrected chi connectivity index (χ1v) is 18.1. The topological polar surface area (TPSA) is 142 Å². The van der Waals surface area contributed by atoms with Crippen LogP contribution in [0.3, 0.4) is 0 Å². The number of para-hydroxylation sites is 1. The number of aromatic nitrogens is 4. The summed E-state index contributed by atoms with van der Waals surface area (Å²) < 4.78 is 58.2. The number of hydrogen-bond acceptors (Lipinski definition) is 8. The first-order valence-electron chi connectivity index (χ1n) is 18.1. The number of imide groups is 1. The van der Waals surface area contributed by atoms with Crippen LogP contribution >= 0.6 is 0 Å². The van der Waals surface area contributed by atoms with Gasteiger partial charge in [-0.2, -0.15) is 5.10 Å². The van der Waals surface area contributed by atoms with E-state index in [1.165, 1.54) is 20.0 Å². The molecule has 3 amide bonds. The van der Waals surface area contributed by atoms with Crippen molar-refractivity contribution in [2.24, 2.45) is 13.0 Å². The Balaban J connectivity index is 0.983. The predicted molar refractivity (Wildman–Crippen MR) is 189 cm³/mol. The Morgan fingerprint density at radius 1 is 1.11 bits per heavy atom. The number of piperidine rings is 2. The molecule has 0 bridgehead atoms. The van der Waals surface area contributed by atoms with E-state index >= 15 is 4.39 Å². The summed E-state index contributed by atoms with van der Waals surface area (Å²) in [6, 6.07) is 4.37. The summed E-state index contributed by atoms with van der Waals surface area (Å²) in [6.07, 6.45) is -0.0217. The molecule has 1 saturated carbocycles. The molecule has 1 aliphatic carbocycles. The van der Waals surface area contributed by atoms with Gasteiger partial charge in [-0.25, -0.2) is 22.8 Å². The summed E-state index contributed by atoms with van der Waals surface area (Å²) in [6.45, 7) is 6.71. The lowest BCUT2D eigenvalue weighted by Gasteiger charge is -2.38. The van der Waals surface area contributed by atoms with Gasteiger partial charge in [-0.05, 0) is 77.3 Å². The van der Waals surface area contributed by atoms with Crippen LogP contribution in [0.4, 0.5) is 23.7 Å². The fourth-order valence-corrected chi connectivity index (χ4v) is 7.57. The number of carbonyl (C=O) groups excluding carboxylic acids is 3. The maximum absolute atomic E-state index is 15.3. The minimum absolute atomic E-state index is 0.00297. The lowest BCUT2D eigenvalue weighted by molar-refractivity contribution is -0.135. The largest absolute Gasteiger partial charge is 0.444 e. The maximum Gasteiger partial charge on any atom is 0.412 e. The first-order chi connectivity index (χ1) is 25.2. The van der Waals surface area contributed by atoms with Gasteiger partial charge in [0, 0.05) is 39.3 Å². The van der Waals surface area contributed by atoms with Gasteiger partial charge in [0.1, 0.15) is 24.4 Å². The minimum atomic E-state index is -2.86. The number of nitrogens with zero attached hydrogens (tertiary/aromatic N) is 5. The van der Waals surface area contributed by atoms with Crippen molar-refractivity contribution in [2.45, 2.75) is 102 Å². The number of likely N-dealkylation sites (tertiary alicyclic amines) is 1. The molecule has 4 heterocycles. The molecule has 3 aliphatic rings. The van der Waals surface area contributed by atoms with Crippen molar-refractivity contribution in [1.82, 2.24) is 29.1 Å². The molecule has 3 atom stereocenters. The van der Waals surface area contributed by atoms with Gasteiger partial charge in [-0.15, -0.1) is 0 Å². The highest BCUT2D eigenvalue weighted by atomic mass is 19.3. The van der Waals surface area contributed by atoms with E-state index < -0.39 is 48.0 Å². The van der Waals surface area contributed by atoms with E-state index in [9.17, 15) is 28.0 Å². The molecule has 0 radical (unpaired) electrons. The van der Waals surface area contributed by atoms with E-state index in [1.807, 2.05) is 0 Å². The van der Waals surface area contributed by atoms with Gasteiger partial charge in [-0.3, -0.25) is 38.9 Å². The molecule has 6 rings (SSSR count). The molecule has 1 aromatic carbocycles. The number of amides is 3. The smallest absolute Gasteiger partial charge is 0.412 e. The molecule has 2 saturated heterocycles. The summed E-state index contributed by atoms with van der Waals surface area (Å²) in [4.78, 5) is 51.7. The van der Waals surface area contributed by atoms with Crippen LogP contribution in [0.5, 0.6) is 0 Å². The van der Waals surface area contributed by atoms with E-state index in [-0.39, 0.29) is 49.3 Å². The number of nitrogens with one attached hydrogen (secondary N) is 2. The number of alkyl halides is 3. The molecule has 3 aromatic rings. The Morgan fingerprint density at radius 3 is 2.55 bits per heavy atom. The van der Waals surface area contributed by atoms with Crippen LogP contribution in [-0.2, 0) is 26.1 Å². The van der Waals surface area contributed by atoms with Crippen molar-refractivity contribution in [1.29, 1.82) is 0 Å². The minimum Gasteiger partial charge on any atom is -0.444 e. The summed E-state index contributed by atoms with van der Waals surface area (Å²) in [7, 11) is 1.61. The van der Waals surface area contributed by atoms with Crippen LogP contribution in [-0.4, -0.2) is 85.8 Å². The maximum atomic E-state index is 15.3. The van der Waals surface area contributed by atoms with Crippen LogP contribution in [0.15, 0.2) is 29.2 Å². The van der Waals surface area contributed by atoms with Crippen LogP contribution in [0.1, 0.15) is 95.5 Å². The van der Waals surface area contributed by atoms with E-state index in [1.54, 1.807) is 46.0 Å². The SMILES string of the molecule is Cn1c(=O)n(C2CCC(=O)NC2=O)c2cccc(C#CCO[C@@H]3CCN(C[C@H]4CC[C@H](n5cc(NC(=O)OC(C)(C)C)c(C(F)F)n5)CC4)C[C@H]3F)c21. The lowest BCUT2D eigenvalue weighted by Crippen LogP contribution is -2.47. The van der Waals surface area contributed by atoms with Gasteiger partial charge in [0.15, 0.2) is 5.69 Å². The molecule has 286 valence electrons. The predicted octanol–water partition coefficient (Wildman–Crippen LogP) is 5.01. The normalized spacial score (nSPS) is 24.2. The van der Waals surface area contributed by atoms with Crippen molar-refractivity contribution in [2.75, 3.05) is 31.6 Å². The fourth-order valence-electron chi connectivity index (χ4n) is 7.57. The number of benzene rings is 1. The lowest BCUT2D eigenvalue weighted by atomic mass is 9.85. The molecule has 0 spiro atoms. The van der Waals surface area contributed by atoms with E-state index in [4.69, 9.17) is 9.47 Å². The molecule has 13 nitrogen and oxygen atoms in total. The van der Waals surface area contributed by atoms with Crippen molar-refractivity contribution >= 4 is 34.6 Å². The average Bonchev–Trinajstić information content (AvgIpc) is 3.62. The highest BCUT2D eigenvalue weighted by Crippen LogP contribution is 2.36. The number of rotatable bonds is 8. The third-order valence-electron chi connectivity index (χ3n) is 10.1. The average molecular weight is 742 g/mol. The van der Waals surface area contributed by atoms with Crippen molar-refractivity contribution < 1.29 is 37.0 Å². The Kier molecular flexibility index (Phi) is 11.3. The number of halogens is 3. The summed E-state index contributed by atoms with van der Waals surface area (Å²) in [5.41, 5.74) is -0.0532. The van der Waals surface area contributed by atoms with Crippen molar-refractivity contribution in [3.63, 3.8) is 0 Å². The number of ether oxygens (including phenoxy) is 2. The van der Waals surface area contributed by atoms with Crippen molar-refractivity contribution in [3.8, 4) is 11.8 Å². The number of imidazole rings is 1. The Bertz CT molecular complexity index is 1960. The molecule has 2 aromatic heterocycles. The summed E-state index contributed by atoms with van der Waals surface area (Å²) >= 11 is 0. The van der Waals surface area contributed by atoms with Crippen LogP contribution < -0.4 is 16.3 Å². The van der Waals surface area contributed by atoms with Crippen LogP contribution in [0, 0.1) is 17.8 Å². The highest BCUT2D eigenvalue weighted by molar-refractivity contribution is 6.00. The zero-order valence-corrected chi connectivity index (χ0v) is 30.4. The van der Waals surface area contributed by atoms with E-state index in [2.05, 4.69) is 32.5 Å². The molecular formula is C37H46F3N7O6. The van der Waals surface area contributed by atoms with Gasteiger partial charge in [0.2, 0.25) is 11.8 Å². The Morgan fingerprint density at radius 2 is 1.87 bits per heavy atom. The fraction of sp³-hybridized carbons (Fsp3) is 0.595. The van der Waals surface area contributed by atoms with Gasteiger partial charge >= 0.3 is 11.8 Å². The Labute approximate surface area is 305 Å². The van der Waals surface area contributed by atoms with Crippen LogP contribution in [0.25, 0.3) is 11.0 Å². The second-order valence-corrected chi connectivity index (χ2v) is 15.1. The molecule has 16 heteroatoms. The number of carbonyl (C=O) groups is 3. The zero-order valence-electron chi connectivity index (χ0n) is 30.4. The van der Waals surface area contributed by atoms with Gasteiger partial charge in [0.05, 0.1) is 34.4 Å². The highest BCUT2D eigenvalue weighted by Gasteiger charge is 2.34. The Hall–Kier alpha value is -4.62. The van der Waals surface area contributed by atoms with Crippen molar-refractivity contribution in [3.05, 3.63) is 46.1 Å². The summed E-state index contributed by atoms with van der Waals surface area (Å²) in [5.74, 6) is 5.46. The molecule has 53 heavy (non-hydrogen) atoms. The standard InChI is InChI=1S/C37H46F3N7O6/c1-37(2,3)53-35(50)41-26-21-46(43-31(26)33(39)40)24-12-10-22(11-13-24)19-45-17-16-29(25(38)20-45)52-18-6-8-23-7-5-9-27-32(23)44(4)36(51)47(27)28-14-15-30(48)42-34(28)49/h5,7,9,21-22,24-25,28-29,33H,10-20H2,1-4H3,(H,41,50)(H,42,48,49)/t22-,24-,25-,28?,29-/m1/s1. The molecule has 2 N–H and O–H groups in total. The zero-order chi connectivity index (χ0) is 38.0. The third kappa shape index (κ3) is 8.79. The monoisotopic (exact) mass is 741 g/mol. The number of fused-ring (bicyclic) bond motifs is 1.